The van der Waals surface area contributed by atoms with E-state index in [1.807, 2.05) is 72.5 Å². The van der Waals surface area contributed by atoms with Crippen molar-refractivity contribution in [2.24, 2.45) is 5.92 Å². The van der Waals surface area contributed by atoms with Gasteiger partial charge >= 0.3 is 0 Å². The zero-order chi connectivity index (χ0) is 25.9. The summed E-state index contributed by atoms with van der Waals surface area (Å²) < 4.78 is 17.0. The molecule has 1 fully saturated rings. The Morgan fingerprint density at radius 3 is 2.46 bits per heavy atom. The van der Waals surface area contributed by atoms with Crippen LogP contribution in [0.5, 0.6) is 17.4 Å². The van der Waals surface area contributed by atoms with Gasteiger partial charge in [-0.3, -0.25) is 9.78 Å². The highest BCUT2D eigenvalue weighted by atomic mass is 16.5. The van der Waals surface area contributed by atoms with Crippen molar-refractivity contribution in [3.8, 4) is 28.5 Å². The normalized spacial score (nSPS) is 17.0. The first-order valence-electron chi connectivity index (χ1n) is 12.5. The Balaban J connectivity index is 1.36. The van der Waals surface area contributed by atoms with Crippen LogP contribution in [0.2, 0.25) is 0 Å². The molecule has 2 aromatic heterocycles. The number of methoxy groups -OCH3 is 2. The van der Waals surface area contributed by atoms with Gasteiger partial charge in [0.1, 0.15) is 17.6 Å². The van der Waals surface area contributed by atoms with Crippen LogP contribution in [-0.4, -0.2) is 47.6 Å². The maximum Gasteiger partial charge on any atom is 0.223 e. The number of pyridine rings is 2. The van der Waals surface area contributed by atoms with E-state index in [0.717, 1.165) is 39.1 Å². The highest BCUT2D eigenvalue weighted by molar-refractivity contribution is 5.90. The molecule has 37 heavy (non-hydrogen) atoms. The van der Waals surface area contributed by atoms with E-state index in [9.17, 15) is 4.79 Å². The minimum atomic E-state index is -0.162. The van der Waals surface area contributed by atoms with E-state index in [1.165, 1.54) is 0 Å². The van der Waals surface area contributed by atoms with Gasteiger partial charge in [0.05, 0.1) is 25.8 Å². The van der Waals surface area contributed by atoms with E-state index >= 15 is 0 Å². The predicted molar refractivity (Wildman–Crippen MR) is 143 cm³/mol. The molecule has 7 nitrogen and oxygen atoms in total. The number of carbonyl (C=O) groups is 1. The number of fused-ring (bicyclic) bond motifs is 1. The third kappa shape index (κ3) is 5.07. The lowest BCUT2D eigenvalue weighted by molar-refractivity contribution is -0.129. The number of hydrogen-bond acceptors (Lipinski definition) is 6. The van der Waals surface area contributed by atoms with Crippen LogP contribution in [0, 0.1) is 5.92 Å². The van der Waals surface area contributed by atoms with Crippen LogP contribution < -0.4 is 14.2 Å². The second kappa shape index (κ2) is 10.5. The van der Waals surface area contributed by atoms with E-state index in [1.54, 1.807) is 26.6 Å². The molecular formula is C30H31N3O4. The van der Waals surface area contributed by atoms with Gasteiger partial charge in [0.2, 0.25) is 11.8 Å². The number of carbonyl (C=O) groups excluding carboxylic acids is 1. The first-order valence-corrected chi connectivity index (χ1v) is 12.5. The predicted octanol–water partition coefficient (Wildman–Crippen LogP) is 5.69. The van der Waals surface area contributed by atoms with Crippen molar-refractivity contribution in [2.75, 3.05) is 20.8 Å². The number of aromatic nitrogens is 2. The zero-order valence-electron chi connectivity index (χ0n) is 21.5. The van der Waals surface area contributed by atoms with Crippen LogP contribution in [0.15, 0.2) is 73.1 Å². The summed E-state index contributed by atoms with van der Waals surface area (Å²) in [6.07, 6.45) is 3.86. The molecule has 1 aliphatic rings. The van der Waals surface area contributed by atoms with Crippen LogP contribution in [-0.2, 0) is 4.79 Å². The van der Waals surface area contributed by atoms with Crippen molar-refractivity contribution in [3.05, 3.63) is 78.6 Å². The molecule has 2 aromatic carbocycles. The third-order valence-electron chi connectivity index (χ3n) is 7.19. The highest BCUT2D eigenvalue weighted by Gasteiger charge is 2.37. The van der Waals surface area contributed by atoms with Gasteiger partial charge < -0.3 is 19.1 Å². The van der Waals surface area contributed by atoms with Gasteiger partial charge in [0, 0.05) is 48.3 Å². The van der Waals surface area contributed by atoms with Gasteiger partial charge in [0.15, 0.2) is 0 Å². The number of ether oxygens (including phenoxy) is 3. The number of amides is 1. The molecule has 1 amide bonds. The smallest absolute Gasteiger partial charge is 0.223 e. The minimum Gasteiger partial charge on any atom is -0.497 e. The fourth-order valence-electron chi connectivity index (χ4n) is 4.89. The second-order valence-electron chi connectivity index (χ2n) is 9.42. The molecule has 0 bridgehead atoms. The van der Waals surface area contributed by atoms with E-state index in [-0.39, 0.29) is 24.0 Å². The molecule has 7 heteroatoms. The molecular weight excluding hydrogens is 466 g/mol. The van der Waals surface area contributed by atoms with Gasteiger partial charge in [-0.2, -0.15) is 0 Å². The van der Waals surface area contributed by atoms with Crippen LogP contribution >= 0.6 is 0 Å². The Labute approximate surface area is 217 Å². The molecule has 3 atom stereocenters. The molecule has 0 spiro atoms. The van der Waals surface area contributed by atoms with Crippen LogP contribution in [0.1, 0.15) is 31.9 Å². The van der Waals surface area contributed by atoms with E-state index in [0.29, 0.717) is 18.8 Å². The lowest BCUT2D eigenvalue weighted by Gasteiger charge is -2.27. The molecule has 0 radical (unpaired) electrons. The fourth-order valence-corrected chi connectivity index (χ4v) is 4.89. The first kappa shape index (κ1) is 24.6. The van der Waals surface area contributed by atoms with Crippen molar-refractivity contribution >= 4 is 16.8 Å². The van der Waals surface area contributed by atoms with E-state index < -0.39 is 0 Å². The largest absolute Gasteiger partial charge is 0.497 e. The topological polar surface area (TPSA) is 73.8 Å². The van der Waals surface area contributed by atoms with Crippen molar-refractivity contribution in [2.45, 2.75) is 32.4 Å². The van der Waals surface area contributed by atoms with Crippen molar-refractivity contribution < 1.29 is 19.0 Å². The van der Waals surface area contributed by atoms with Crippen LogP contribution in [0.4, 0.5) is 0 Å². The maximum atomic E-state index is 13.0. The second-order valence-corrected chi connectivity index (χ2v) is 9.42. The molecule has 1 aliphatic heterocycles. The highest BCUT2D eigenvalue weighted by Crippen LogP contribution is 2.36. The van der Waals surface area contributed by atoms with Crippen molar-refractivity contribution in [1.82, 2.24) is 14.9 Å². The summed E-state index contributed by atoms with van der Waals surface area (Å²) in [5.74, 6) is 2.34. The molecule has 2 unspecified atom stereocenters. The summed E-state index contributed by atoms with van der Waals surface area (Å²) in [5.41, 5.74) is 3.83. The third-order valence-corrected chi connectivity index (χ3v) is 7.19. The lowest BCUT2D eigenvalue weighted by atomic mass is 10.0. The van der Waals surface area contributed by atoms with Crippen LogP contribution in [0.3, 0.4) is 0 Å². The summed E-state index contributed by atoms with van der Waals surface area (Å²) in [5, 5.41) is 0.937. The maximum absolute atomic E-state index is 13.0. The van der Waals surface area contributed by atoms with Gasteiger partial charge in [-0.15, -0.1) is 0 Å². The van der Waals surface area contributed by atoms with E-state index in [4.69, 9.17) is 14.2 Å². The van der Waals surface area contributed by atoms with Gasteiger partial charge in [-0.1, -0.05) is 12.1 Å². The Morgan fingerprint density at radius 2 is 1.76 bits per heavy atom. The summed E-state index contributed by atoms with van der Waals surface area (Å²) in [6, 6.07) is 19.7. The number of nitrogens with zero attached hydrogens (tertiary/aromatic N) is 3. The van der Waals surface area contributed by atoms with Crippen molar-refractivity contribution in [3.63, 3.8) is 0 Å². The molecule has 4 aromatic rings. The van der Waals surface area contributed by atoms with Gasteiger partial charge in [-0.05, 0) is 67.4 Å². The lowest BCUT2D eigenvalue weighted by Crippen LogP contribution is -2.31. The summed E-state index contributed by atoms with van der Waals surface area (Å²) >= 11 is 0. The van der Waals surface area contributed by atoms with Gasteiger partial charge in [-0.25, -0.2) is 4.98 Å². The average molecular weight is 498 g/mol. The SMILES string of the molecule is COc1ccc(C(C)N2CC([C@@H](C)Oc3cc(-c4ccc(OC)nc4)cc4ncccc34)CC2=O)cc1. The summed E-state index contributed by atoms with van der Waals surface area (Å²) in [6.45, 7) is 4.76. The Kier molecular flexibility index (Phi) is 6.95. The van der Waals surface area contributed by atoms with Crippen molar-refractivity contribution in [1.29, 1.82) is 0 Å². The van der Waals surface area contributed by atoms with E-state index in [2.05, 4.69) is 16.9 Å². The molecule has 5 rings (SSSR count). The number of hydrogen-bond donors (Lipinski definition) is 0. The average Bonchev–Trinajstić information content (AvgIpc) is 3.34. The molecule has 0 N–H and O–H groups in total. The Morgan fingerprint density at radius 1 is 0.946 bits per heavy atom. The standard InChI is InChI=1S/C30H31N3O4/c1-19(21-7-10-25(35-3)11-8-21)33-18-24(16-30(33)34)20(2)37-28-15-23(14-27-26(28)6-5-13-31-27)22-9-12-29(36-4)32-17-22/h5-15,17,19-20,24H,16,18H2,1-4H3/t19?,20-,24?/m1/s1. The minimum absolute atomic E-state index is 0.0217. The summed E-state index contributed by atoms with van der Waals surface area (Å²) in [7, 11) is 3.25. The fraction of sp³-hybridized carbons (Fsp3) is 0.300. The molecule has 1 saturated heterocycles. The first-order chi connectivity index (χ1) is 18.0. The number of rotatable bonds is 8. The molecule has 0 saturated carbocycles. The summed E-state index contributed by atoms with van der Waals surface area (Å²) in [4.78, 5) is 23.9. The monoisotopic (exact) mass is 497 g/mol. The molecule has 3 heterocycles. The number of benzene rings is 2. The Hall–Kier alpha value is -4.13. The van der Waals surface area contributed by atoms with Gasteiger partial charge in [0.25, 0.3) is 0 Å². The Bertz CT molecular complexity index is 1390. The number of likely N-dealkylation sites (tertiary alicyclic amines) is 1. The van der Waals surface area contributed by atoms with Crippen LogP contribution in [0.25, 0.3) is 22.0 Å². The zero-order valence-corrected chi connectivity index (χ0v) is 21.5. The molecule has 0 aliphatic carbocycles. The molecule has 190 valence electrons. The quantitative estimate of drug-likeness (QED) is 0.311.